The van der Waals surface area contributed by atoms with Crippen LogP contribution in [0.5, 0.6) is 11.5 Å². The van der Waals surface area contributed by atoms with Crippen molar-refractivity contribution in [3.8, 4) is 11.5 Å². The second kappa shape index (κ2) is 6.80. The number of imidazole rings is 1. The molecule has 1 N–H and O–H groups in total. The fourth-order valence-corrected chi connectivity index (χ4v) is 2.67. The Morgan fingerprint density at radius 1 is 1.04 bits per heavy atom. The number of fused-ring (bicyclic) bond motifs is 1. The fourth-order valence-electron chi connectivity index (χ4n) is 2.67. The number of aliphatic hydroxyl groups is 1. The molecule has 6 heteroatoms. The number of rotatable bonds is 6. The Kier molecular flexibility index (Phi) is 4.57. The number of ether oxygens (including phenoxy) is 2. The van der Waals surface area contributed by atoms with Gasteiger partial charge in [-0.15, -0.1) is 0 Å². The number of aliphatic hydroxyl groups excluding tert-OH is 1. The number of para-hydroxylation sites is 2. The van der Waals surface area contributed by atoms with Gasteiger partial charge in [0.25, 0.3) is 0 Å². The molecule has 0 bridgehead atoms. The molecule has 1 unspecified atom stereocenters. The molecule has 1 aromatic heterocycles. The molecule has 0 aliphatic rings. The van der Waals surface area contributed by atoms with Crippen LogP contribution < -0.4 is 15.2 Å². The zero-order chi connectivity index (χ0) is 17.1. The van der Waals surface area contributed by atoms with Crippen LogP contribution in [-0.4, -0.2) is 34.1 Å². The Morgan fingerprint density at radius 3 is 2.33 bits per heavy atom. The number of nitrogens with zero attached hydrogens (tertiary/aromatic N) is 2. The third-order valence-electron chi connectivity index (χ3n) is 3.95. The molecule has 1 atom stereocenters. The van der Waals surface area contributed by atoms with Crippen molar-refractivity contribution in [3.05, 3.63) is 59.0 Å². The van der Waals surface area contributed by atoms with E-state index in [1.165, 1.54) is 0 Å². The number of hydrogen-bond donors (Lipinski definition) is 1. The smallest absolute Gasteiger partial charge is 0.328 e. The molecule has 0 fully saturated rings. The van der Waals surface area contributed by atoms with Crippen molar-refractivity contribution in [2.45, 2.75) is 12.6 Å². The lowest BCUT2D eigenvalue weighted by atomic mass is 10.3. The van der Waals surface area contributed by atoms with Crippen LogP contribution in [0.25, 0.3) is 11.0 Å². The molecule has 0 aliphatic heterocycles. The molecule has 1 heterocycles. The van der Waals surface area contributed by atoms with Gasteiger partial charge in [-0.2, -0.15) is 0 Å². The summed E-state index contributed by atoms with van der Waals surface area (Å²) in [5.41, 5.74) is 1.49. The summed E-state index contributed by atoms with van der Waals surface area (Å²) >= 11 is 0. The van der Waals surface area contributed by atoms with Crippen LogP contribution in [0.15, 0.2) is 53.3 Å². The van der Waals surface area contributed by atoms with Crippen LogP contribution in [0.1, 0.15) is 0 Å². The van der Waals surface area contributed by atoms with Crippen molar-refractivity contribution >= 4 is 11.0 Å². The van der Waals surface area contributed by atoms with Crippen LogP contribution in [0, 0.1) is 0 Å². The SMILES string of the molecule is COc1ccc(OCC(O)Cn2c(=O)n(C)c3ccccc32)cc1. The van der Waals surface area contributed by atoms with E-state index in [9.17, 15) is 9.90 Å². The number of aromatic nitrogens is 2. The maximum absolute atomic E-state index is 12.3. The molecule has 0 amide bonds. The first-order valence-electron chi connectivity index (χ1n) is 7.69. The standard InChI is InChI=1S/C18H20N2O4/c1-19-16-5-3-4-6-17(16)20(18(19)22)11-13(21)12-24-15-9-7-14(23-2)8-10-15/h3-10,13,21H,11-12H2,1-2H3. The Labute approximate surface area is 139 Å². The summed E-state index contributed by atoms with van der Waals surface area (Å²) in [4.78, 5) is 12.3. The second-order valence-electron chi connectivity index (χ2n) is 5.58. The fraction of sp³-hybridized carbons (Fsp3) is 0.278. The molecule has 0 saturated heterocycles. The molecule has 0 saturated carbocycles. The molecule has 6 nitrogen and oxygen atoms in total. The molecule has 0 aliphatic carbocycles. The van der Waals surface area contributed by atoms with Crippen molar-refractivity contribution in [3.63, 3.8) is 0 Å². The highest BCUT2D eigenvalue weighted by Gasteiger charge is 2.14. The van der Waals surface area contributed by atoms with E-state index in [2.05, 4.69) is 0 Å². The van der Waals surface area contributed by atoms with Gasteiger partial charge in [0, 0.05) is 7.05 Å². The van der Waals surface area contributed by atoms with E-state index in [0.717, 1.165) is 16.8 Å². The summed E-state index contributed by atoms with van der Waals surface area (Å²) in [6, 6.07) is 14.6. The molecule has 0 radical (unpaired) electrons. The molecule has 3 rings (SSSR count). The van der Waals surface area contributed by atoms with E-state index in [1.54, 1.807) is 47.6 Å². The van der Waals surface area contributed by atoms with E-state index >= 15 is 0 Å². The lowest BCUT2D eigenvalue weighted by Crippen LogP contribution is -2.30. The first-order chi connectivity index (χ1) is 11.6. The van der Waals surface area contributed by atoms with Crippen molar-refractivity contribution in [1.29, 1.82) is 0 Å². The third kappa shape index (κ3) is 3.14. The Hall–Kier alpha value is -2.73. The van der Waals surface area contributed by atoms with Crippen molar-refractivity contribution in [2.24, 2.45) is 7.05 Å². The van der Waals surface area contributed by atoms with Gasteiger partial charge in [0.05, 0.1) is 24.7 Å². The monoisotopic (exact) mass is 328 g/mol. The normalized spacial score (nSPS) is 12.3. The average molecular weight is 328 g/mol. The molecule has 2 aromatic carbocycles. The minimum Gasteiger partial charge on any atom is -0.497 e. The topological polar surface area (TPSA) is 65.6 Å². The van der Waals surface area contributed by atoms with E-state index < -0.39 is 6.10 Å². The number of methoxy groups -OCH3 is 1. The molecule has 126 valence electrons. The lowest BCUT2D eigenvalue weighted by molar-refractivity contribution is 0.0925. The summed E-state index contributed by atoms with van der Waals surface area (Å²) in [6.45, 7) is 0.276. The largest absolute Gasteiger partial charge is 0.497 e. The van der Waals surface area contributed by atoms with Crippen LogP contribution in [-0.2, 0) is 13.6 Å². The van der Waals surface area contributed by atoms with E-state index in [1.807, 2.05) is 24.3 Å². The van der Waals surface area contributed by atoms with E-state index in [0.29, 0.717) is 5.75 Å². The average Bonchev–Trinajstić information content (AvgIpc) is 2.86. The quantitative estimate of drug-likeness (QED) is 0.749. The maximum atomic E-state index is 12.3. The van der Waals surface area contributed by atoms with Gasteiger partial charge >= 0.3 is 5.69 Å². The Bertz CT molecular complexity index is 880. The summed E-state index contributed by atoms with van der Waals surface area (Å²) in [6.07, 6.45) is -0.796. The molecule has 3 aromatic rings. The first-order valence-corrected chi connectivity index (χ1v) is 7.69. The summed E-state index contributed by atoms with van der Waals surface area (Å²) in [5.74, 6) is 1.38. The van der Waals surface area contributed by atoms with Gasteiger partial charge in [0.1, 0.15) is 24.2 Å². The van der Waals surface area contributed by atoms with Gasteiger partial charge in [-0.1, -0.05) is 12.1 Å². The summed E-state index contributed by atoms with van der Waals surface area (Å²) in [7, 11) is 3.32. The van der Waals surface area contributed by atoms with Gasteiger partial charge in [-0.3, -0.25) is 9.13 Å². The Morgan fingerprint density at radius 2 is 1.67 bits per heavy atom. The molecule has 0 spiro atoms. The number of benzene rings is 2. The van der Waals surface area contributed by atoms with Gasteiger partial charge in [-0.25, -0.2) is 4.79 Å². The maximum Gasteiger partial charge on any atom is 0.328 e. The zero-order valence-corrected chi connectivity index (χ0v) is 13.7. The summed E-state index contributed by atoms with van der Waals surface area (Å²) in [5, 5.41) is 10.2. The van der Waals surface area contributed by atoms with E-state index in [-0.39, 0.29) is 18.8 Å². The molecular formula is C18H20N2O4. The van der Waals surface area contributed by atoms with Crippen LogP contribution >= 0.6 is 0 Å². The predicted octanol–water partition coefficient (Wildman–Crippen LogP) is 1.79. The van der Waals surface area contributed by atoms with Crippen molar-refractivity contribution in [2.75, 3.05) is 13.7 Å². The summed E-state index contributed by atoms with van der Waals surface area (Å²) < 4.78 is 13.8. The van der Waals surface area contributed by atoms with Gasteiger partial charge < -0.3 is 14.6 Å². The minimum atomic E-state index is -0.796. The van der Waals surface area contributed by atoms with Crippen molar-refractivity contribution < 1.29 is 14.6 Å². The minimum absolute atomic E-state index is 0.0992. The van der Waals surface area contributed by atoms with Gasteiger partial charge in [-0.05, 0) is 36.4 Å². The van der Waals surface area contributed by atoms with Crippen LogP contribution in [0.4, 0.5) is 0 Å². The lowest BCUT2D eigenvalue weighted by Gasteiger charge is -2.13. The Balaban J connectivity index is 1.70. The predicted molar refractivity (Wildman–Crippen MR) is 91.7 cm³/mol. The van der Waals surface area contributed by atoms with Crippen LogP contribution in [0.3, 0.4) is 0 Å². The first kappa shape index (κ1) is 16.1. The highest BCUT2D eigenvalue weighted by molar-refractivity contribution is 5.75. The molecular weight excluding hydrogens is 308 g/mol. The highest BCUT2D eigenvalue weighted by atomic mass is 16.5. The second-order valence-corrected chi connectivity index (χ2v) is 5.58. The molecule has 24 heavy (non-hydrogen) atoms. The van der Waals surface area contributed by atoms with Crippen LogP contribution in [0.2, 0.25) is 0 Å². The number of aryl methyl sites for hydroxylation is 1. The zero-order valence-electron chi connectivity index (χ0n) is 13.7. The van der Waals surface area contributed by atoms with E-state index in [4.69, 9.17) is 9.47 Å². The van der Waals surface area contributed by atoms with Crippen molar-refractivity contribution in [1.82, 2.24) is 9.13 Å². The van der Waals surface area contributed by atoms with Gasteiger partial charge in [0.2, 0.25) is 0 Å². The van der Waals surface area contributed by atoms with Gasteiger partial charge in [0.15, 0.2) is 0 Å². The number of hydrogen-bond acceptors (Lipinski definition) is 4. The third-order valence-corrected chi connectivity index (χ3v) is 3.95. The highest BCUT2D eigenvalue weighted by Crippen LogP contribution is 2.17.